The van der Waals surface area contributed by atoms with E-state index >= 15 is 0 Å². The van der Waals surface area contributed by atoms with Gasteiger partial charge in [0.2, 0.25) is 0 Å². The van der Waals surface area contributed by atoms with Crippen LogP contribution in [0.4, 0.5) is 5.69 Å². The summed E-state index contributed by atoms with van der Waals surface area (Å²) < 4.78 is 0. The summed E-state index contributed by atoms with van der Waals surface area (Å²) in [5, 5.41) is 0.715. The molecule has 0 spiro atoms. The van der Waals surface area contributed by atoms with Gasteiger partial charge in [-0.05, 0) is 24.1 Å². The van der Waals surface area contributed by atoms with Gasteiger partial charge < -0.3 is 5.73 Å². The van der Waals surface area contributed by atoms with E-state index in [-0.39, 0.29) is 0 Å². The third-order valence-corrected chi connectivity index (χ3v) is 2.20. The maximum absolute atomic E-state index is 5.81. The summed E-state index contributed by atoms with van der Waals surface area (Å²) in [6.45, 7) is 0. The highest BCUT2D eigenvalue weighted by molar-refractivity contribution is 6.30. The van der Waals surface area contributed by atoms with E-state index in [9.17, 15) is 0 Å². The molecule has 0 radical (unpaired) electrons. The zero-order valence-corrected chi connectivity index (χ0v) is 7.30. The first-order valence-electron chi connectivity index (χ1n) is 3.87. The number of nitrogens with two attached hydrogens (primary N) is 1. The van der Waals surface area contributed by atoms with E-state index in [1.165, 1.54) is 5.56 Å². The molecule has 0 saturated heterocycles. The molecule has 12 heavy (non-hydrogen) atoms. The molecule has 2 rings (SSSR count). The zero-order valence-electron chi connectivity index (χ0n) is 6.55. The van der Waals surface area contributed by atoms with Crippen molar-refractivity contribution in [2.24, 2.45) is 10.7 Å². The number of benzene rings is 1. The Hall–Kier alpha value is -1.02. The maximum atomic E-state index is 5.81. The molecule has 0 unspecified atom stereocenters. The average molecular weight is 181 g/mol. The molecule has 1 aliphatic heterocycles. The third kappa shape index (κ3) is 1.30. The first kappa shape index (κ1) is 7.62. The van der Waals surface area contributed by atoms with Gasteiger partial charge in [-0.15, -0.1) is 0 Å². The molecule has 62 valence electrons. The van der Waals surface area contributed by atoms with Crippen molar-refractivity contribution in [3.8, 4) is 0 Å². The van der Waals surface area contributed by atoms with Crippen LogP contribution in [0.5, 0.6) is 0 Å². The van der Waals surface area contributed by atoms with Crippen LogP contribution in [0, 0.1) is 0 Å². The van der Waals surface area contributed by atoms with Gasteiger partial charge in [-0.1, -0.05) is 17.7 Å². The van der Waals surface area contributed by atoms with Crippen molar-refractivity contribution < 1.29 is 0 Å². The van der Waals surface area contributed by atoms with Crippen molar-refractivity contribution in [2.75, 3.05) is 0 Å². The Morgan fingerprint density at radius 2 is 2.17 bits per heavy atom. The van der Waals surface area contributed by atoms with Crippen LogP contribution in [0.15, 0.2) is 23.2 Å². The summed E-state index contributed by atoms with van der Waals surface area (Å²) in [5.41, 5.74) is 7.76. The monoisotopic (exact) mass is 180 g/mol. The van der Waals surface area contributed by atoms with Crippen LogP contribution >= 0.6 is 11.6 Å². The van der Waals surface area contributed by atoms with Crippen LogP contribution in [0.25, 0.3) is 0 Å². The van der Waals surface area contributed by atoms with Crippen molar-refractivity contribution >= 4 is 23.1 Å². The standard InChI is InChI=1S/C9H9ClN2/c10-7-3-1-6-2-4-9(11)12-8(6)5-7/h1,3,5H,2,4H2,(H2,11,12). The predicted molar refractivity (Wildman–Crippen MR) is 51.1 cm³/mol. The SMILES string of the molecule is NC1=Nc2cc(Cl)ccc2CC1. The molecule has 0 aromatic heterocycles. The molecule has 1 heterocycles. The number of nitrogens with zero attached hydrogens (tertiary/aromatic N) is 1. The summed E-state index contributed by atoms with van der Waals surface area (Å²) in [7, 11) is 0. The van der Waals surface area contributed by atoms with E-state index in [0.29, 0.717) is 10.9 Å². The summed E-state index contributed by atoms with van der Waals surface area (Å²) in [5.74, 6) is 0.699. The molecule has 2 nitrogen and oxygen atoms in total. The van der Waals surface area contributed by atoms with Gasteiger partial charge in [0.1, 0.15) is 0 Å². The Morgan fingerprint density at radius 1 is 1.33 bits per heavy atom. The fraction of sp³-hybridized carbons (Fsp3) is 0.222. The van der Waals surface area contributed by atoms with Gasteiger partial charge in [0.05, 0.1) is 11.5 Å². The smallest absolute Gasteiger partial charge is 0.0999 e. The molecular formula is C9H9ClN2. The molecule has 2 N–H and O–H groups in total. The summed E-state index contributed by atoms with van der Waals surface area (Å²) >= 11 is 5.81. The number of rotatable bonds is 0. The quantitative estimate of drug-likeness (QED) is 0.654. The number of halogens is 1. The zero-order chi connectivity index (χ0) is 8.55. The molecule has 0 amide bonds. The third-order valence-electron chi connectivity index (χ3n) is 1.96. The number of aryl methyl sites for hydroxylation is 1. The number of aliphatic imine (C=N–C) groups is 1. The molecule has 3 heteroatoms. The predicted octanol–water partition coefficient (Wildman–Crippen LogP) is 2.27. The molecule has 1 aromatic rings. The van der Waals surface area contributed by atoms with Crippen LogP contribution in [0.3, 0.4) is 0 Å². The molecule has 1 aliphatic rings. The van der Waals surface area contributed by atoms with Crippen LogP contribution in [-0.2, 0) is 6.42 Å². The van der Waals surface area contributed by atoms with E-state index in [0.717, 1.165) is 18.5 Å². The molecular weight excluding hydrogens is 172 g/mol. The molecule has 0 aliphatic carbocycles. The topological polar surface area (TPSA) is 38.4 Å². The summed E-state index contributed by atoms with van der Waals surface area (Å²) in [4.78, 5) is 4.22. The summed E-state index contributed by atoms with van der Waals surface area (Å²) in [6.07, 6.45) is 1.83. The highest BCUT2D eigenvalue weighted by atomic mass is 35.5. The first-order chi connectivity index (χ1) is 5.75. The van der Waals surface area contributed by atoms with Crippen LogP contribution < -0.4 is 5.73 Å². The van der Waals surface area contributed by atoms with Crippen LogP contribution in [-0.4, -0.2) is 5.84 Å². The van der Waals surface area contributed by atoms with E-state index in [2.05, 4.69) is 4.99 Å². The number of amidine groups is 1. The van der Waals surface area contributed by atoms with Crippen molar-refractivity contribution in [3.05, 3.63) is 28.8 Å². The van der Waals surface area contributed by atoms with Gasteiger partial charge in [-0.3, -0.25) is 0 Å². The Labute approximate surface area is 76.1 Å². The second kappa shape index (κ2) is 2.79. The first-order valence-corrected chi connectivity index (χ1v) is 4.25. The van der Waals surface area contributed by atoms with Gasteiger partial charge >= 0.3 is 0 Å². The van der Waals surface area contributed by atoms with Gasteiger partial charge in [0.25, 0.3) is 0 Å². The molecule has 1 aromatic carbocycles. The van der Waals surface area contributed by atoms with Crippen LogP contribution in [0.2, 0.25) is 5.02 Å². The minimum atomic E-state index is 0.699. The second-order valence-corrected chi connectivity index (χ2v) is 3.31. The molecule has 0 bridgehead atoms. The van der Waals surface area contributed by atoms with Crippen molar-refractivity contribution in [2.45, 2.75) is 12.8 Å². The lowest BCUT2D eigenvalue weighted by atomic mass is 10.0. The summed E-state index contributed by atoms with van der Waals surface area (Å²) in [6, 6.07) is 5.74. The van der Waals surface area contributed by atoms with Gasteiger partial charge in [-0.2, -0.15) is 0 Å². The Balaban J connectivity index is 2.53. The lowest BCUT2D eigenvalue weighted by molar-refractivity contribution is 0.996. The minimum Gasteiger partial charge on any atom is -0.387 e. The van der Waals surface area contributed by atoms with Crippen molar-refractivity contribution in [1.29, 1.82) is 0 Å². The van der Waals surface area contributed by atoms with Crippen LogP contribution in [0.1, 0.15) is 12.0 Å². The largest absolute Gasteiger partial charge is 0.387 e. The average Bonchev–Trinajstić information content (AvgIpc) is 2.03. The van der Waals surface area contributed by atoms with Gasteiger partial charge in [-0.25, -0.2) is 4.99 Å². The molecule has 0 fully saturated rings. The lowest BCUT2D eigenvalue weighted by Gasteiger charge is -2.12. The Bertz CT molecular complexity index is 344. The molecule has 0 saturated carbocycles. The number of fused-ring (bicyclic) bond motifs is 1. The fourth-order valence-electron chi connectivity index (χ4n) is 1.33. The second-order valence-electron chi connectivity index (χ2n) is 2.88. The minimum absolute atomic E-state index is 0.699. The van der Waals surface area contributed by atoms with Crippen molar-refractivity contribution in [1.82, 2.24) is 0 Å². The maximum Gasteiger partial charge on any atom is 0.0999 e. The van der Waals surface area contributed by atoms with Gasteiger partial charge in [0, 0.05) is 11.4 Å². The van der Waals surface area contributed by atoms with E-state index in [4.69, 9.17) is 17.3 Å². The Morgan fingerprint density at radius 3 is 3.00 bits per heavy atom. The lowest BCUT2D eigenvalue weighted by Crippen LogP contribution is -2.15. The highest BCUT2D eigenvalue weighted by Crippen LogP contribution is 2.27. The molecule has 0 atom stereocenters. The normalized spacial score (nSPS) is 15.2. The van der Waals surface area contributed by atoms with E-state index in [1.54, 1.807) is 0 Å². The Kier molecular flexibility index (Phi) is 1.77. The number of hydrogen-bond acceptors (Lipinski definition) is 2. The van der Waals surface area contributed by atoms with Crippen molar-refractivity contribution in [3.63, 3.8) is 0 Å². The van der Waals surface area contributed by atoms with Gasteiger partial charge in [0.15, 0.2) is 0 Å². The van der Waals surface area contributed by atoms with E-state index in [1.807, 2.05) is 18.2 Å². The number of hydrogen-bond donors (Lipinski definition) is 1. The van der Waals surface area contributed by atoms with E-state index < -0.39 is 0 Å². The highest BCUT2D eigenvalue weighted by Gasteiger charge is 2.09. The fourth-order valence-corrected chi connectivity index (χ4v) is 1.49.